The number of rotatable bonds is 5. The van der Waals surface area contributed by atoms with Crippen molar-refractivity contribution in [2.75, 3.05) is 6.54 Å². The Morgan fingerprint density at radius 2 is 1.94 bits per heavy atom. The molecule has 0 heterocycles. The summed E-state index contributed by atoms with van der Waals surface area (Å²) < 4.78 is 0. The van der Waals surface area contributed by atoms with Gasteiger partial charge in [-0.1, -0.05) is 41.8 Å². The average molecular weight is 258 g/mol. The summed E-state index contributed by atoms with van der Waals surface area (Å²) in [7, 11) is 0. The summed E-state index contributed by atoms with van der Waals surface area (Å²) in [5, 5.41) is 4.80. The van der Waals surface area contributed by atoms with Gasteiger partial charge in [-0.3, -0.25) is 0 Å². The molecule has 1 rings (SSSR count). The van der Waals surface area contributed by atoms with E-state index in [1.165, 1.54) is 0 Å². The monoisotopic (exact) mass is 257 g/mol. The van der Waals surface area contributed by atoms with Gasteiger partial charge in [0.1, 0.15) is 0 Å². The molecule has 1 aromatic rings. The Morgan fingerprint density at radius 3 is 2.38 bits per heavy atom. The summed E-state index contributed by atoms with van der Waals surface area (Å²) in [6, 6.07) is 5.73. The first kappa shape index (κ1) is 13.6. The van der Waals surface area contributed by atoms with E-state index in [-0.39, 0.29) is 6.04 Å². The molecule has 0 saturated carbocycles. The van der Waals surface area contributed by atoms with Crippen LogP contribution in [0.1, 0.15) is 31.9 Å². The molecule has 1 nitrogen and oxygen atoms in total. The Labute approximate surface area is 107 Å². The molecule has 0 fully saturated rings. The third kappa shape index (κ3) is 3.51. The van der Waals surface area contributed by atoms with Crippen molar-refractivity contribution in [1.29, 1.82) is 0 Å². The van der Waals surface area contributed by atoms with Crippen LogP contribution in [0.15, 0.2) is 30.4 Å². The van der Waals surface area contributed by atoms with Gasteiger partial charge in [0.2, 0.25) is 0 Å². The molecule has 0 aliphatic heterocycles. The second-order valence-electron chi connectivity index (χ2n) is 3.91. The molecular weight excluding hydrogens is 241 g/mol. The minimum Gasteiger partial charge on any atom is -0.310 e. The topological polar surface area (TPSA) is 12.0 Å². The van der Waals surface area contributed by atoms with Gasteiger partial charge in [0.05, 0.1) is 0 Å². The molecule has 1 atom stereocenters. The first-order valence-electron chi connectivity index (χ1n) is 5.38. The zero-order chi connectivity index (χ0) is 12.1. The van der Waals surface area contributed by atoms with Crippen LogP contribution in [-0.4, -0.2) is 6.54 Å². The van der Waals surface area contributed by atoms with Crippen LogP contribution in [0.5, 0.6) is 0 Å². The number of benzene rings is 1. The van der Waals surface area contributed by atoms with Gasteiger partial charge in [-0.25, -0.2) is 0 Å². The zero-order valence-electron chi connectivity index (χ0n) is 9.69. The van der Waals surface area contributed by atoms with Crippen molar-refractivity contribution in [1.82, 2.24) is 5.32 Å². The molecule has 1 unspecified atom stereocenters. The fourth-order valence-electron chi connectivity index (χ4n) is 1.71. The second kappa shape index (κ2) is 6.29. The van der Waals surface area contributed by atoms with Gasteiger partial charge in [0.25, 0.3) is 0 Å². The maximum atomic E-state index is 6.19. The van der Waals surface area contributed by atoms with Gasteiger partial charge >= 0.3 is 0 Å². The quantitative estimate of drug-likeness (QED) is 0.760. The minimum atomic E-state index is 0.142. The van der Waals surface area contributed by atoms with Gasteiger partial charge in [-0.15, -0.1) is 6.58 Å². The molecule has 3 heteroatoms. The van der Waals surface area contributed by atoms with Gasteiger partial charge in [0.15, 0.2) is 0 Å². The SMILES string of the molecule is C=C(C)CC(NCC)c1c(Cl)cccc1Cl. The van der Waals surface area contributed by atoms with Crippen molar-refractivity contribution in [3.8, 4) is 0 Å². The predicted octanol–water partition coefficient (Wildman–Crippen LogP) is 4.61. The first-order valence-corrected chi connectivity index (χ1v) is 6.13. The number of hydrogen-bond acceptors (Lipinski definition) is 1. The van der Waals surface area contributed by atoms with E-state index in [2.05, 4.69) is 18.8 Å². The van der Waals surface area contributed by atoms with E-state index in [4.69, 9.17) is 23.2 Å². The molecule has 88 valence electrons. The number of halogens is 2. The lowest BCUT2D eigenvalue weighted by molar-refractivity contribution is 0.548. The maximum Gasteiger partial charge on any atom is 0.0468 e. The van der Waals surface area contributed by atoms with Crippen molar-refractivity contribution in [2.24, 2.45) is 0 Å². The van der Waals surface area contributed by atoms with Crippen LogP contribution < -0.4 is 5.32 Å². The van der Waals surface area contributed by atoms with E-state index >= 15 is 0 Å². The number of nitrogens with one attached hydrogen (secondary N) is 1. The Bertz CT molecular complexity index is 354. The highest BCUT2D eigenvalue weighted by Gasteiger charge is 2.16. The van der Waals surface area contributed by atoms with Gasteiger partial charge in [-0.05, 0) is 32.0 Å². The van der Waals surface area contributed by atoms with Gasteiger partial charge in [-0.2, -0.15) is 0 Å². The van der Waals surface area contributed by atoms with E-state index in [0.29, 0.717) is 10.0 Å². The summed E-state index contributed by atoms with van der Waals surface area (Å²) in [6.45, 7) is 8.89. The Balaban J connectivity index is 3.04. The summed E-state index contributed by atoms with van der Waals surface area (Å²) in [5.74, 6) is 0. The average Bonchev–Trinajstić information content (AvgIpc) is 2.16. The molecule has 0 aromatic heterocycles. The summed E-state index contributed by atoms with van der Waals surface area (Å²) in [5.41, 5.74) is 2.08. The lowest BCUT2D eigenvalue weighted by Crippen LogP contribution is -2.21. The van der Waals surface area contributed by atoms with E-state index in [1.807, 2.05) is 25.1 Å². The Kier molecular flexibility index (Phi) is 5.33. The highest BCUT2D eigenvalue weighted by molar-refractivity contribution is 6.36. The largest absolute Gasteiger partial charge is 0.310 e. The van der Waals surface area contributed by atoms with E-state index in [1.54, 1.807) is 0 Å². The van der Waals surface area contributed by atoms with Crippen molar-refractivity contribution in [2.45, 2.75) is 26.3 Å². The highest BCUT2D eigenvalue weighted by Crippen LogP contribution is 2.33. The van der Waals surface area contributed by atoms with E-state index in [9.17, 15) is 0 Å². The molecule has 0 bridgehead atoms. The summed E-state index contributed by atoms with van der Waals surface area (Å²) >= 11 is 12.4. The van der Waals surface area contributed by atoms with Crippen molar-refractivity contribution >= 4 is 23.2 Å². The van der Waals surface area contributed by atoms with Crippen LogP contribution in [-0.2, 0) is 0 Å². The van der Waals surface area contributed by atoms with Crippen LogP contribution >= 0.6 is 23.2 Å². The summed E-state index contributed by atoms with van der Waals surface area (Å²) in [6.07, 6.45) is 0.845. The smallest absolute Gasteiger partial charge is 0.0468 e. The normalized spacial score (nSPS) is 12.5. The third-order valence-electron chi connectivity index (χ3n) is 2.35. The summed E-state index contributed by atoms with van der Waals surface area (Å²) in [4.78, 5) is 0. The Hall–Kier alpha value is -0.500. The molecule has 0 spiro atoms. The highest BCUT2D eigenvalue weighted by atomic mass is 35.5. The van der Waals surface area contributed by atoms with Crippen LogP contribution in [0, 0.1) is 0 Å². The van der Waals surface area contributed by atoms with Crippen molar-refractivity contribution < 1.29 is 0 Å². The zero-order valence-corrected chi connectivity index (χ0v) is 11.2. The molecule has 1 aromatic carbocycles. The van der Waals surface area contributed by atoms with E-state index in [0.717, 1.165) is 24.1 Å². The van der Waals surface area contributed by atoms with Crippen LogP contribution in [0.4, 0.5) is 0 Å². The fraction of sp³-hybridized carbons (Fsp3) is 0.385. The van der Waals surface area contributed by atoms with Crippen molar-refractivity contribution in [3.05, 3.63) is 46.0 Å². The lowest BCUT2D eigenvalue weighted by atomic mass is 10.00. The van der Waals surface area contributed by atoms with Crippen LogP contribution in [0.2, 0.25) is 10.0 Å². The van der Waals surface area contributed by atoms with Gasteiger partial charge in [0, 0.05) is 21.7 Å². The minimum absolute atomic E-state index is 0.142. The Morgan fingerprint density at radius 1 is 1.38 bits per heavy atom. The molecular formula is C13H17Cl2N. The van der Waals surface area contributed by atoms with Crippen LogP contribution in [0.25, 0.3) is 0 Å². The van der Waals surface area contributed by atoms with Crippen molar-refractivity contribution in [3.63, 3.8) is 0 Å². The number of hydrogen-bond donors (Lipinski definition) is 1. The molecule has 0 aliphatic rings. The second-order valence-corrected chi connectivity index (χ2v) is 4.72. The molecule has 0 radical (unpaired) electrons. The lowest BCUT2D eigenvalue weighted by Gasteiger charge is -2.20. The van der Waals surface area contributed by atoms with Gasteiger partial charge < -0.3 is 5.32 Å². The predicted molar refractivity (Wildman–Crippen MR) is 72.3 cm³/mol. The maximum absolute atomic E-state index is 6.19. The molecule has 0 saturated heterocycles. The molecule has 0 aliphatic carbocycles. The third-order valence-corrected chi connectivity index (χ3v) is 3.01. The first-order chi connectivity index (χ1) is 7.56. The van der Waals surface area contributed by atoms with E-state index < -0.39 is 0 Å². The molecule has 16 heavy (non-hydrogen) atoms. The van der Waals surface area contributed by atoms with Crippen LogP contribution in [0.3, 0.4) is 0 Å². The molecule has 1 N–H and O–H groups in total. The molecule has 0 amide bonds. The standard InChI is InChI=1S/C13H17Cl2N/c1-4-16-12(8-9(2)3)13-10(14)6-5-7-11(13)15/h5-7,12,16H,2,4,8H2,1,3H3. The fourth-order valence-corrected chi connectivity index (χ4v) is 2.38.